The Morgan fingerprint density at radius 1 is 1.33 bits per heavy atom. The van der Waals surface area contributed by atoms with E-state index in [0.29, 0.717) is 16.0 Å². The third-order valence-electron chi connectivity index (χ3n) is 2.85. The standard InChI is InChI=1S/C13H10BrClF3N3/c1-6-9(19)5-20-12(11(6)14)21-10-4-7(13(16,17)18)2-3-8(10)15/h2-5H,19H2,1H3,(H,20,21). The predicted octanol–water partition coefficient (Wildman–Crippen LogP) is 5.15. The van der Waals surface area contributed by atoms with Crippen LogP contribution in [0.15, 0.2) is 28.9 Å². The molecule has 0 fully saturated rings. The molecule has 0 saturated carbocycles. The molecule has 1 heterocycles. The predicted molar refractivity (Wildman–Crippen MR) is 80.8 cm³/mol. The number of alkyl halides is 3. The molecule has 0 saturated heterocycles. The number of nitrogens with one attached hydrogen (secondary N) is 1. The van der Waals surface area contributed by atoms with Crippen molar-refractivity contribution in [3.8, 4) is 0 Å². The first-order valence-corrected chi connectivity index (χ1v) is 6.91. The molecule has 21 heavy (non-hydrogen) atoms. The van der Waals surface area contributed by atoms with Gasteiger partial charge in [-0.05, 0) is 46.6 Å². The summed E-state index contributed by atoms with van der Waals surface area (Å²) in [6.45, 7) is 1.76. The number of anilines is 3. The molecule has 0 atom stereocenters. The fourth-order valence-electron chi connectivity index (χ4n) is 1.60. The highest BCUT2D eigenvalue weighted by atomic mass is 79.9. The second-order valence-electron chi connectivity index (χ2n) is 4.32. The monoisotopic (exact) mass is 379 g/mol. The van der Waals surface area contributed by atoms with E-state index in [4.69, 9.17) is 17.3 Å². The molecule has 2 rings (SSSR count). The molecule has 0 amide bonds. The summed E-state index contributed by atoms with van der Waals surface area (Å²) in [7, 11) is 0. The van der Waals surface area contributed by atoms with Gasteiger partial charge in [-0.2, -0.15) is 13.2 Å². The summed E-state index contributed by atoms with van der Waals surface area (Å²) in [5.74, 6) is 0.336. The van der Waals surface area contributed by atoms with Crippen LogP contribution in [0.5, 0.6) is 0 Å². The Bertz CT molecular complexity index is 689. The van der Waals surface area contributed by atoms with Crippen LogP contribution < -0.4 is 11.1 Å². The number of nitrogen functional groups attached to an aromatic ring is 1. The number of rotatable bonds is 2. The normalized spacial score (nSPS) is 11.5. The van der Waals surface area contributed by atoms with E-state index in [-0.39, 0.29) is 10.7 Å². The highest BCUT2D eigenvalue weighted by Crippen LogP contribution is 2.36. The lowest BCUT2D eigenvalue weighted by molar-refractivity contribution is -0.137. The quantitative estimate of drug-likeness (QED) is 0.757. The van der Waals surface area contributed by atoms with Crippen LogP contribution in [0.3, 0.4) is 0 Å². The molecule has 0 bridgehead atoms. The summed E-state index contributed by atoms with van der Waals surface area (Å²) in [5, 5.41) is 2.93. The van der Waals surface area contributed by atoms with Gasteiger partial charge in [-0.15, -0.1) is 0 Å². The molecule has 112 valence electrons. The van der Waals surface area contributed by atoms with Crippen LogP contribution in [0, 0.1) is 6.92 Å². The number of nitrogens with two attached hydrogens (primary N) is 1. The van der Waals surface area contributed by atoms with E-state index in [1.54, 1.807) is 6.92 Å². The van der Waals surface area contributed by atoms with E-state index in [1.807, 2.05) is 0 Å². The fraction of sp³-hybridized carbons (Fsp3) is 0.154. The minimum atomic E-state index is -4.44. The average molecular weight is 381 g/mol. The summed E-state index contributed by atoms with van der Waals surface area (Å²) >= 11 is 9.22. The molecule has 3 N–H and O–H groups in total. The van der Waals surface area contributed by atoms with Gasteiger partial charge in [0.05, 0.1) is 32.6 Å². The SMILES string of the molecule is Cc1c(N)cnc(Nc2cc(C(F)(F)F)ccc2Cl)c1Br. The Morgan fingerprint density at radius 2 is 2.00 bits per heavy atom. The number of aromatic nitrogens is 1. The minimum absolute atomic E-state index is 0.115. The van der Waals surface area contributed by atoms with E-state index in [0.717, 1.165) is 17.7 Å². The first-order valence-electron chi connectivity index (χ1n) is 5.74. The Kier molecular flexibility index (Phi) is 4.34. The van der Waals surface area contributed by atoms with Crippen LogP contribution in [0.1, 0.15) is 11.1 Å². The molecule has 0 unspecified atom stereocenters. The first-order chi connectivity index (χ1) is 9.70. The van der Waals surface area contributed by atoms with E-state index in [1.165, 1.54) is 12.3 Å². The molecular weight excluding hydrogens is 371 g/mol. The van der Waals surface area contributed by atoms with Gasteiger partial charge in [0.15, 0.2) is 0 Å². The third-order valence-corrected chi connectivity index (χ3v) is 4.15. The topological polar surface area (TPSA) is 50.9 Å². The van der Waals surface area contributed by atoms with Gasteiger partial charge in [0.2, 0.25) is 0 Å². The van der Waals surface area contributed by atoms with Gasteiger partial charge in [0.25, 0.3) is 0 Å². The number of halogens is 5. The maximum atomic E-state index is 12.7. The largest absolute Gasteiger partial charge is 0.416 e. The fourth-order valence-corrected chi connectivity index (χ4v) is 2.20. The van der Waals surface area contributed by atoms with E-state index >= 15 is 0 Å². The molecule has 0 aliphatic heterocycles. The van der Waals surface area contributed by atoms with Crippen LogP contribution in [-0.2, 0) is 6.18 Å². The van der Waals surface area contributed by atoms with Crippen LogP contribution in [0.25, 0.3) is 0 Å². The summed E-state index contributed by atoms with van der Waals surface area (Å²) in [4.78, 5) is 4.04. The second-order valence-corrected chi connectivity index (χ2v) is 5.52. The lowest BCUT2D eigenvalue weighted by Gasteiger charge is -2.14. The van der Waals surface area contributed by atoms with Crippen molar-refractivity contribution in [2.75, 3.05) is 11.1 Å². The number of hydrogen-bond acceptors (Lipinski definition) is 3. The lowest BCUT2D eigenvalue weighted by Crippen LogP contribution is -2.06. The Balaban J connectivity index is 2.42. The van der Waals surface area contributed by atoms with Crippen molar-refractivity contribution >= 4 is 44.7 Å². The van der Waals surface area contributed by atoms with Crippen molar-refractivity contribution < 1.29 is 13.2 Å². The van der Waals surface area contributed by atoms with Gasteiger partial charge in [-0.1, -0.05) is 11.6 Å². The molecule has 0 radical (unpaired) electrons. The molecule has 0 aliphatic carbocycles. The van der Waals surface area contributed by atoms with E-state index < -0.39 is 11.7 Å². The number of pyridine rings is 1. The zero-order chi connectivity index (χ0) is 15.8. The summed E-state index contributed by atoms with van der Waals surface area (Å²) in [6.07, 6.45) is -3.02. The highest BCUT2D eigenvalue weighted by molar-refractivity contribution is 9.10. The minimum Gasteiger partial charge on any atom is -0.397 e. The maximum absolute atomic E-state index is 12.7. The molecule has 1 aromatic carbocycles. The van der Waals surface area contributed by atoms with Crippen LogP contribution in [-0.4, -0.2) is 4.98 Å². The molecule has 2 aromatic rings. The maximum Gasteiger partial charge on any atom is 0.416 e. The van der Waals surface area contributed by atoms with Crippen molar-refractivity contribution in [3.63, 3.8) is 0 Å². The Morgan fingerprint density at radius 3 is 2.62 bits per heavy atom. The van der Waals surface area contributed by atoms with E-state index in [2.05, 4.69) is 26.2 Å². The highest BCUT2D eigenvalue weighted by Gasteiger charge is 2.31. The Labute approximate surface area is 132 Å². The van der Waals surface area contributed by atoms with Crippen molar-refractivity contribution in [2.24, 2.45) is 0 Å². The Hall–Kier alpha value is -1.47. The number of nitrogens with zero attached hydrogens (tertiary/aromatic N) is 1. The van der Waals surface area contributed by atoms with Crippen LogP contribution in [0.2, 0.25) is 5.02 Å². The molecule has 0 aliphatic rings. The van der Waals surface area contributed by atoms with Gasteiger partial charge in [-0.3, -0.25) is 0 Å². The second kappa shape index (κ2) is 5.73. The molecular formula is C13H10BrClF3N3. The zero-order valence-corrected chi connectivity index (χ0v) is 13.1. The molecule has 0 spiro atoms. The lowest BCUT2D eigenvalue weighted by atomic mass is 10.2. The zero-order valence-electron chi connectivity index (χ0n) is 10.7. The van der Waals surface area contributed by atoms with Gasteiger partial charge in [0.1, 0.15) is 5.82 Å². The molecule has 1 aromatic heterocycles. The number of benzene rings is 1. The van der Waals surface area contributed by atoms with Gasteiger partial charge in [0, 0.05) is 0 Å². The summed E-state index contributed by atoms with van der Waals surface area (Å²) in [6, 6.07) is 3.04. The van der Waals surface area contributed by atoms with Crippen molar-refractivity contribution in [1.82, 2.24) is 4.98 Å². The van der Waals surface area contributed by atoms with Gasteiger partial charge in [-0.25, -0.2) is 4.98 Å². The van der Waals surface area contributed by atoms with Gasteiger partial charge >= 0.3 is 6.18 Å². The van der Waals surface area contributed by atoms with Crippen LogP contribution in [0.4, 0.5) is 30.4 Å². The van der Waals surface area contributed by atoms with Crippen molar-refractivity contribution in [1.29, 1.82) is 0 Å². The molecule has 8 heteroatoms. The smallest absolute Gasteiger partial charge is 0.397 e. The summed E-state index contributed by atoms with van der Waals surface area (Å²) in [5.41, 5.74) is 6.23. The first kappa shape index (κ1) is 15.9. The third kappa shape index (κ3) is 3.41. The number of hydrogen-bond donors (Lipinski definition) is 2. The van der Waals surface area contributed by atoms with Gasteiger partial charge < -0.3 is 11.1 Å². The summed E-state index contributed by atoms with van der Waals surface area (Å²) < 4.78 is 38.7. The van der Waals surface area contributed by atoms with Crippen molar-refractivity contribution in [2.45, 2.75) is 13.1 Å². The average Bonchev–Trinajstić information content (AvgIpc) is 2.40. The molecule has 3 nitrogen and oxygen atoms in total. The van der Waals surface area contributed by atoms with Crippen molar-refractivity contribution in [3.05, 3.63) is 45.0 Å². The van der Waals surface area contributed by atoms with E-state index in [9.17, 15) is 13.2 Å². The van der Waals surface area contributed by atoms with Crippen LogP contribution >= 0.6 is 27.5 Å².